The van der Waals surface area contributed by atoms with Gasteiger partial charge in [0.15, 0.2) is 0 Å². The summed E-state index contributed by atoms with van der Waals surface area (Å²) in [6.45, 7) is 1.51. The van der Waals surface area contributed by atoms with E-state index in [9.17, 15) is 5.11 Å². The highest BCUT2D eigenvalue weighted by Gasteiger charge is 2.06. The fourth-order valence-electron chi connectivity index (χ4n) is 1.90. The molecule has 0 atom stereocenters. The third kappa shape index (κ3) is 4.86. The van der Waals surface area contributed by atoms with Gasteiger partial charge in [-0.2, -0.15) is 0 Å². The van der Waals surface area contributed by atoms with Crippen LogP contribution in [0, 0.1) is 0 Å². The molecule has 2 aromatic rings. The molecule has 0 saturated heterocycles. The quantitative estimate of drug-likeness (QED) is 0.581. The Labute approximate surface area is 150 Å². The number of nitrogens with one attached hydrogen (secondary N) is 1. The summed E-state index contributed by atoms with van der Waals surface area (Å²) in [7, 11) is 0. The number of hydrogen-bond acceptors (Lipinski definition) is 2. The summed E-state index contributed by atoms with van der Waals surface area (Å²) in [5.41, 5.74) is 2.15. The lowest BCUT2D eigenvalue weighted by Gasteiger charge is -2.09. The number of rotatable bonds is 5. The number of aromatic hydroxyl groups is 1. The van der Waals surface area contributed by atoms with Crippen molar-refractivity contribution in [2.75, 3.05) is 6.54 Å². The normalized spacial score (nSPS) is 10.9. The van der Waals surface area contributed by atoms with Gasteiger partial charge >= 0.3 is 0 Å². The molecule has 2 aromatic carbocycles. The molecule has 6 heteroatoms. The van der Waals surface area contributed by atoms with Crippen molar-refractivity contribution in [2.45, 2.75) is 13.0 Å². The van der Waals surface area contributed by atoms with Gasteiger partial charge in [-0.3, -0.25) is 0 Å². The average Bonchev–Trinajstić information content (AvgIpc) is 2.42. The topological polar surface area (TPSA) is 32.3 Å². The summed E-state index contributed by atoms with van der Waals surface area (Å²) in [4.78, 5) is 0. The first-order chi connectivity index (χ1) is 9.97. The van der Waals surface area contributed by atoms with Crippen LogP contribution in [0.1, 0.15) is 11.1 Å². The summed E-state index contributed by atoms with van der Waals surface area (Å²) in [5, 5.41) is 14.4. The zero-order valence-corrected chi connectivity index (χ0v) is 15.7. The van der Waals surface area contributed by atoms with E-state index in [0.29, 0.717) is 25.5 Å². The minimum Gasteiger partial charge on any atom is -0.506 e. The second-order valence-corrected chi connectivity index (χ2v) is 7.12. The molecule has 21 heavy (non-hydrogen) atoms. The third-order valence-corrected chi connectivity index (χ3v) is 4.79. The van der Waals surface area contributed by atoms with Crippen LogP contribution in [0.3, 0.4) is 0 Å². The molecular weight excluding hydrogens is 441 g/mol. The minimum absolute atomic E-state index is 0.215. The summed E-state index contributed by atoms with van der Waals surface area (Å²) in [6.07, 6.45) is 0.830. The molecular formula is C15H13Br2Cl2NO. The number of phenolic OH excluding ortho intramolecular Hbond substituents is 1. The smallest absolute Gasteiger partial charge is 0.143 e. The summed E-state index contributed by atoms with van der Waals surface area (Å²) in [6, 6.07) is 9.33. The fraction of sp³-hybridized carbons (Fsp3) is 0.200. The summed E-state index contributed by atoms with van der Waals surface area (Å²) < 4.78 is 1.35. The van der Waals surface area contributed by atoms with Crippen molar-refractivity contribution in [3.8, 4) is 5.75 Å². The van der Waals surface area contributed by atoms with Crippen molar-refractivity contribution in [1.29, 1.82) is 0 Å². The van der Waals surface area contributed by atoms with Crippen LogP contribution in [0.25, 0.3) is 0 Å². The van der Waals surface area contributed by atoms with Crippen LogP contribution in [-0.2, 0) is 13.0 Å². The summed E-state index contributed by atoms with van der Waals surface area (Å²) >= 11 is 18.6. The Morgan fingerprint density at radius 2 is 1.71 bits per heavy atom. The van der Waals surface area contributed by atoms with Gasteiger partial charge in [-0.1, -0.05) is 29.3 Å². The van der Waals surface area contributed by atoms with Gasteiger partial charge in [-0.05, 0) is 80.2 Å². The van der Waals surface area contributed by atoms with Crippen molar-refractivity contribution >= 4 is 55.1 Å². The zero-order valence-electron chi connectivity index (χ0n) is 11.0. The van der Waals surface area contributed by atoms with Crippen molar-refractivity contribution in [3.63, 3.8) is 0 Å². The van der Waals surface area contributed by atoms with Crippen LogP contribution in [0.4, 0.5) is 0 Å². The molecule has 2 nitrogen and oxygen atoms in total. The Morgan fingerprint density at radius 1 is 1.05 bits per heavy atom. The molecule has 2 N–H and O–H groups in total. The van der Waals surface area contributed by atoms with E-state index in [1.54, 1.807) is 6.07 Å². The molecule has 0 amide bonds. The molecule has 0 heterocycles. The first kappa shape index (κ1) is 17.1. The maximum Gasteiger partial charge on any atom is 0.143 e. The lowest BCUT2D eigenvalue weighted by molar-refractivity contribution is 0.468. The van der Waals surface area contributed by atoms with Gasteiger partial charge in [-0.25, -0.2) is 0 Å². The molecule has 0 fully saturated rings. The van der Waals surface area contributed by atoms with E-state index in [0.717, 1.165) is 24.1 Å². The highest BCUT2D eigenvalue weighted by Crippen LogP contribution is 2.33. The molecule has 0 aliphatic rings. The Bertz CT molecular complexity index is 627. The van der Waals surface area contributed by atoms with Crippen molar-refractivity contribution in [2.24, 2.45) is 0 Å². The van der Waals surface area contributed by atoms with E-state index in [-0.39, 0.29) is 5.75 Å². The van der Waals surface area contributed by atoms with E-state index in [1.165, 1.54) is 0 Å². The zero-order chi connectivity index (χ0) is 15.4. The molecule has 0 aromatic heterocycles. The SMILES string of the molecule is Oc1c(Br)cc(CNCCc2ccc(Cl)cc2Cl)cc1Br. The lowest BCUT2D eigenvalue weighted by atomic mass is 10.1. The van der Waals surface area contributed by atoms with E-state index >= 15 is 0 Å². The predicted octanol–water partition coefficient (Wildman–Crippen LogP) is 5.56. The molecule has 0 radical (unpaired) electrons. The lowest BCUT2D eigenvalue weighted by Crippen LogP contribution is -2.16. The van der Waals surface area contributed by atoms with E-state index in [1.807, 2.05) is 24.3 Å². The van der Waals surface area contributed by atoms with Crippen LogP contribution in [0.15, 0.2) is 39.3 Å². The van der Waals surface area contributed by atoms with Crippen LogP contribution < -0.4 is 5.32 Å². The van der Waals surface area contributed by atoms with Gasteiger partial charge in [0.25, 0.3) is 0 Å². The third-order valence-electron chi connectivity index (χ3n) is 2.99. The second kappa shape index (κ2) is 7.84. The molecule has 0 aliphatic carbocycles. The van der Waals surface area contributed by atoms with Crippen molar-refractivity contribution in [3.05, 3.63) is 60.4 Å². The first-order valence-corrected chi connectivity index (χ1v) is 8.63. The molecule has 2 rings (SSSR count). The predicted molar refractivity (Wildman–Crippen MR) is 95.4 cm³/mol. The Morgan fingerprint density at radius 3 is 2.33 bits per heavy atom. The van der Waals surface area contributed by atoms with Crippen LogP contribution in [0.5, 0.6) is 5.75 Å². The van der Waals surface area contributed by atoms with Crippen molar-refractivity contribution in [1.82, 2.24) is 5.32 Å². The van der Waals surface area contributed by atoms with Gasteiger partial charge in [0.05, 0.1) is 8.95 Å². The van der Waals surface area contributed by atoms with Crippen LogP contribution in [0.2, 0.25) is 10.0 Å². The Hall–Kier alpha value is -0.260. The van der Waals surface area contributed by atoms with Gasteiger partial charge in [-0.15, -0.1) is 0 Å². The molecule has 0 spiro atoms. The minimum atomic E-state index is 0.215. The molecule has 0 saturated carbocycles. The number of hydrogen-bond donors (Lipinski definition) is 2. The number of benzene rings is 2. The van der Waals surface area contributed by atoms with Gasteiger partial charge < -0.3 is 10.4 Å². The maximum atomic E-state index is 9.66. The Kier molecular flexibility index (Phi) is 6.38. The van der Waals surface area contributed by atoms with Gasteiger partial charge in [0.1, 0.15) is 5.75 Å². The first-order valence-electron chi connectivity index (χ1n) is 6.29. The van der Waals surface area contributed by atoms with E-state index in [2.05, 4.69) is 37.2 Å². The Balaban J connectivity index is 1.87. The number of phenols is 1. The standard InChI is InChI=1S/C15H13Br2Cl2NO/c16-12-5-9(6-13(17)15(12)21)8-20-4-3-10-1-2-11(18)7-14(10)19/h1-2,5-7,20-21H,3-4,8H2. The largest absolute Gasteiger partial charge is 0.506 e. The summed E-state index contributed by atoms with van der Waals surface area (Å²) in [5.74, 6) is 0.215. The number of halogens is 4. The van der Waals surface area contributed by atoms with Crippen LogP contribution >= 0.6 is 55.1 Å². The average molecular weight is 454 g/mol. The highest BCUT2D eigenvalue weighted by atomic mass is 79.9. The van der Waals surface area contributed by atoms with E-state index in [4.69, 9.17) is 23.2 Å². The van der Waals surface area contributed by atoms with Crippen molar-refractivity contribution < 1.29 is 5.11 Å². The molecule has 0 aliphatic heterocycles. The van der Waals surface area contributed by atoms with Gasteiger partial charge in [0, 0.05) is 16.6 Å². The van der Waals surface area contributed by atoms with Crippen LogP contribution in [-0.4, -0.2) is 11.7 Å². The maximum absolute atomic E-state index is 9.66. The molecule has 0 unspecified atom stereocenters. The molecule has 0 bridgehead atoms. The van der Waals surface area contributed by atoms with E-state index < -0.39 is 0 Å². The monoisotopic (exact) mass is 451 g/mol. The highest BCUT2D eigenvalue weighted by molar-refractivity contribution is 9.11. The second-order valence-electron chi connectivity index (χ2n) is 4.57. The van der Waals surface area contributed by atoms with Gasteiger partial charge in [0.2, 0.25) is 0 Å². The fourth-order valence-corrected chi connectivity index (χ4v) is 3.68. The molecule has 112 valence electrons.